The third-order valence-corrected chi connectivity index (χ3v) is 5.21. The van der Waals surface area contributed by atoms with E-state index in [-0.39, 0.29) is 12.5 Å². The van der Waals surface area contributed by atoms with E-state index in [1.807, 2.05) is 68.5 Å². The number of nitrogens with zero attached hydrogens (tertiary/aromatic N) is 2. The van der Waals surface area contributed by atoms with Gasteiger partial charge in [-0.1, -0.05) is 25.0 Å². The monoisotopic (exact) mass is 420 g/mol. The number of carbonyl (C=O) groups excluding carboxylic acids is 1. The average Bonchev–Trinajstić information content (AvgIpc) is 3.04. The normalized spacial score (nSPS) is 16.2. The van der Waals surface area contributed by atoms with Gasteiger partial charge in [0.1, 0.15) is 18.1 Å². The molecule has 6 heteroatoms. The van der Waals surface area contributed by atoms with E-state index in [1.165, 1.54) is 11.8 Å². The van der Waals surface area contributed by atoms with Crippen LogP contribution in [0.1, 0.15) is 25.8 Å². The van der Waals surface area contributed by atoms with Crippen LogP contribution in [-0.2, 0) is 4.79 Å². The molecule has 1 aliphatic heterocycles. The summed E-state index contributed by atoms with van der Waals surface area (Å²) in [4.78, 5) is 20.0. The fourth-order valence-electron chi connectivity index (χ4n) is 2.84. The van der Waals surface area contributed by atoms with E-state index in [0.29, 0.717) is 29.0 Å². The number of thioether (sulfide) groups is 1. The van der Waals surface area contributed by atoms with Crippen molar-refractivity contribution in [2.24, 2.45) is 4.99 Å². The third-order valence-electron chi connectivity index (χ3n) is 4.21. The van der Waals surface area contributed by atoms with Gasteiger partial charge in [0.05, 0.1) is 17.2 Å². The van der Waals surface area contributed by atoms with Crippen molar-refractivity contribution in [2.45, 2.75) is 20.3 Å². The fourth-order valence-corrected chi connectivity index (χ4v) is 3.87. The second-order valence-electron chi connectivity index (χ2n) is 6.45. The minimum absolute atomic E-state index is 0.0285. The largest absolute Gasteiger partial charge is 0.494 e. The summed E-state index contributed by atoms with van der Waals surface area (Å²) in [5, 5.41) is 0.686. The van der Waals surface area contributed by atoms with Crippen molar-refractivity contribution in [2.75, 3.05) is 19.8 Å². The predicted octanol–water partition coefficient (Wildman–Crippen LogP) is 5.11. The molecule has 2 aromatic carbocycles. The average molecular weight is 421 g/mol. The Morgan fingerprint density at radius 2 is 1.73 bits per heavy atom. The summed E-state index contributed by atoms with van der Waals surface area (Å²) in [7, 11) is 0. The lowest BCUT2D eigenvalue weighted by molar-refractivity contribution is -0.122. The Hall–Kier alpha value is -3.17. The third kappa shape index (κ3) is 5.46. The molecule has 1 heterocycles. The van der Waals surface area contributed by atoms with Crippen LogP contribution in [0.5, 0.6) is 11.5 Å². The highest BCUT2D eigenvalue weighted by atomic mass is 32.2. The Kier molecular flexibility index (Phi) is 7.58. The standard InChI is InChI=1S/C24H24N2O3S/c1-4-15-26-23(27)22(17-18-7-11-21(12-8-18)29-16-5-2)30-24(26)25-19-9-13-20(14-10-19)28-6-3/h2,7-14,17H,4,6,15-16H2,1,3H3/b22-17+,25-24?. The molecular formula is C24H24N2O3S. The molecular weight excluding hydrogens is 396 g/mol. The summed E-state index contributed by atoms with van der Waals surface area (Å²) in [6.45, 7) is 5.46. The molecule has 0 saturated carbocycles. The summed E-state index contributed by atoms with van der Waals surface area (Å²) >= 11 is 1.39. The molecule has 1 aliphatic rings. The van der Waals surface area contributed by atoms with Gasteiger partial charge in [-0.05, 0) is 73.1 Å². The molecule has 0 N–H and O–H groups in total. The first kappa shape index (κ1) is 21.5. The highest BCUT2D eigenvalue weighted by Crippen LogP contribution is 2.34. The molecule has 0 aromatic heterocycles. The summed E-state index contributed by atoms with van der Waals surface area (Å²) in [5.41, 5.74) is 1.70. The molecule has 3 rings (SSSR count). The Balaban J connectivity index is 1.81. The number of amides is 1. The number of hydrogen-bond donors (Lipinski definition) is 0. The molecule has 1 amide bonds. The number of terminal acetylenes is 1. The summed E-state index contributed by atoms with van der Waals surface area (Å²) in [6, 6.07) is 15.0. The quantitative estimate of drug-likeness (QED) is 0.440. The minimum Gasteiger partial charge on any atom is -0.494 e. The van der Waals surface area contributed by atoms with Crippen LogP contribution >= 0.6 is 11.8 Å². The van der Waals surface area contributed by atoms with Crippen LogP contribution in [0.15, 0.2) is 58.4 Å². The van der Waals surface area contributed by atoms with Crippen molar-refractivity contribution in [1.82, 2.24) is 4.90 Å². The number of carbonyl (C=O) groups is 1. The van der Waals surface area contributed by atoms with Gasteiger partial charge in [-0.2, -0.15) is 0 Å². The first-order chi connectivity index (χ1) is 14.6. The van der Waals surface area contributed by atoms with Crippen LogP contribution in [0.25, 0.3) is 6.08 Å². The van der Waals surface area contributed by atoms with Crippen molar-refractivity contribution in [1.29, 1.82) is 0 Å². The van der Waals surface area contributed by atoms with E-state index in [4.69, 9.17) is 20.9 Å². The van der Waals surface area contributed by atoms with Gasteiger partial charge < -0.3 is 9.47 Å². The Morgan fingerprint density at radius 3 is 2.37 bits per heavy atom. The van der Waals surface area contributed by atoms with Crippen molar-refractivity contribution in [3.63, 3.8) is 0 Å². The minimum atomic E-state index is -0.0285. The zero-order chi connectivity index (χ0) is 21.3. The van der Waals surface area contributed by atoms with Gasteiger partial charge in [-0.3, -0.25) is 9.69 Å². The molecule has 1 saturated heterocycles. The molecule has 0 bridgehead atoms. The van der Waals surface area contributed by atoms with Crippen LogP contribution in [0.3, 0.4) is 0 Å². The lowest BCUT2D eigenvalue weighted by atomic mass is 10.2. The number of rotatable bonds is 8. The molecule has 30 heavy (non-hydrogen) atoms. The van der Waals surface area contributed by atoms with Crippen LogP contribution in [0.4, 0.5) is 5.69 Å². The molecule has 0 atom stereocenters. The van der Waals surface area contributed by atoms with E-state index >= 15 is 0 Å². The fraction of sp³-hybridized carbons (Fsp3) is 0.250. The zero-order valence-corrected chi connectivity index (χ0v) is 17.9. The second kappa shape index (κ2) is 10.6. The van der Waals surface area contributed by atoms with Crippen molar-refractivity contribution in [3.8, 4) is 23.8 Å². The van der Waals surface area contributed by atoms with Gasteiger partial charge in [-0.15, -0.1) is 6.42 Å². The first-order valence-corrected chi connectivity index (χ1v) is 10.7. The van der Waals surface area contributed by atoms with Crippen molar-refractivity contribution >= 4 is 34.6 Å². The van der Waals surface area contributed by atoms with Crippen molar-refractivity contribution < 1.29 is 14.3 Å². The molecule has 0 unspecified atom stereocenters. The van der Waals surface area contributed by atoms with Crippen molar-refractivity contribution in [3.05, 3.63) is 59.0 Å². The van der Waals surface area contributed by atoms with Gasteiger partial charge in [0, 0.05) is 6.54 Å². The van der Waals surface area contributed by atoms with E-state index < -0.39 is 0 Å². The summed E-state index contributed by atoms with van der Waals surface area (Å²) in [5.74, 6) is 3.91. The number of aliphatic imine (C=N–C) groups is 1. The molecule has 1 fully saturated rings. The summed E-state index contributed by atoms with van der Waals surface area (Å²) in [6.07, 6.45) is 7.94. The van der Waals surface area contributed by atoms with Gasteiger partial charge >= 0.3 is 0 Å². The van der Waals surface area contributed by atoms with Gasteiger partial charge in [-0.25, -0.2) is 4.99 Å². The van der Waals surface area contributed by atoms with Gasteiger partial charge in [0.25, 0.3) is 5.91 Å². The number of ether oxygens (including phenoxy) is 2. The van der Waals surface area contributed by atoms with E-state index in [0.717, 1.165) is 23.4 Å². The van der Waals surface area contributed by atoms with Crippen LogP contribution in [-0.4, -0.2) is 35.7 Å². The number of benzene rings is 2. The maximum Gasteiger partial charge on any atom is 0.266 e. The van der Waals surface area contributed by atoms with E-state index in [1.54, 1.807) is 4.90 Å². The van der Waals surface area contributed by atoms with Crippen LogP contribution < -0.4 is 9.47 Å². The molecule has 154 valence electrons. The van der Waals surface area contributed by atoms with Gasteiger partial charge in [0.15, 0.2) is 5.17 Å². The highest BCUT2D eigenvalue weighted by molar-refractivity contribution is 8.18. The Morgan fingerprint density at radius 1 is 1.07 bits per heavy atom. The van der Waals surface area contributed by atoms with E-state index in [2.05, 4.69) is 5.92 Å². The number of amidine groups is 1. The highest BCUT2D eigenvalue weighted by Gasteiger charge is 2.32. The SMILES string of the molecule is C#CCOc1ccc(/C=C2/SC(=Nc3ccc(OCC)cc3)N(CCC)C2=O)cc1. The first-order valence-electron chi connectivity index (χ1n) is 9.84. The molecule has 0 spiro atoms. The van der Waals surface area contributed by atoms with E-state index in [9.17, 15) is 4.79 Å². The topological polar surface area (TPSA) is 51.1 Å². The zero-order valence-electron chi connectivity index (χ0n) is 17.1. The predicted molar refractivity (Wildman–Crippen MR) is 123 cm³/mol. The maximum absolute atomic E-state index is 12.9. The van der Waals surface area contributed by atoms with Crippen LogP contribution in [0.2, 0.25) is 0 Å². The second-order valence-corrected chi connectivity index (χ2v) is 7.46. The molecule has 0 radical (unpaired) electrons. The van der Waals surface area contributed by atoms with Gasteiger partial charge in [0.2, 0.25) is 0 Å². The maximum atomic E-state index is 12.9. The lowest BCUT2D eigenvalue weighted by Gasteiger charge is -2.14. The smallest absolute Gasteiger partial charge is 0.266 e. The Bertz CT molecular complexity index is 973. The van der Waals surface area contributed by atoms with Crippen LogP contribution in [0, 0.1) is 12.3 Å². The Labute approximate surface area is 181 Å². The molecule has 5 nitrogen and oxygen atoms in total. The lowest BCUT2D eigenvalue weighted by Crippen LogP contribution is -2.29. The number of hydrogen-bond acceptors (Lipinski definition) is 5. The molecule has 0 aliphatic carbocycles. The molecule has 2 aromatic rings. The summed E-state index contributed by atoms with van der Waals surface area (Å²) < 4.78 is 10.9.